The van der Waals surface area contributed by atoms with Gasteiger partial charge in [-0.15, -0.1) is 0 Å². The highest BCUT2D eigenvalue weighted by Crippen LogP contribution is 2.09. The van der Waals surface area contributed by atoms with Gasteiger partial charge in [0.05, 0.1) is 6.10 Å². The molecule has 0 aliphatic carbocycles. The summed E-state index contributed by atoms with van der Waals surface area (Å²) >= 11 is 0. The molecule has 0 fully saturated rings. The average Bonchev–Trinajstić information content (AvgIpc) is 2.41. The first-order valence-corrected chi connectivity index (χ1v) is 7.86. The molecule has 0 saturated carbocycles. The zero-order valence-electron chi connectivity index (χ0n) is 12.3. The zero-order chi connectivity index (χ0) is 14.2. The number of hydrogen-bond donors (Lipinski definition) is 3. The van der Waals surface area contributed by atoms with Gasteiger partial charge in [0, 0.05) is 13.2 Å². The number of aliphatic hydroxyl groups is 3. The average molecular weight is 272 g/mol. The first-order chi connectivity index (χ1) is 9.31. The highest BCUT2D eigenvalue weighted by atomic mass is 16.3. The van der Waals surface area contributed by atoms with Gasteiger partial charge in [0.2, 0.25) is 0 Å². The van der Waals surface area contributed by atoms with Crippen LogP contribution in [-0.2, 0) is 0 Å². The fourth-order valence-corrected chi connectivity index (χ4v) is 2.06. The molecule has 0 aromatic carbocycles. The van der Waals surface area contributed by atoms with Crippen LogP contribution in [0.3, 0.4) is 0 Å². The van der Waals surface area contributed by atoms with E-state index in [2.05, 4.69) is 12.2 Å². The van der Waals surface area contributed by atoms with E-state index >= 15 is 0 Å². The van der Waals surface area contributed by atoms with Crippen LogP contribution >= 0.6 is 0 Å². The molecule has 0 rings (SSSR count). The van der Waals surface area contributed by atoms with Crippen LogP contribution in [0.5, 0.6) is 0 Å². The maximum Gasteiger partial charge on any atom is 0.0574 e. The van der Waals surface area contributed by atoms with Crippen molar-refractivity contribution in [2.45, 2.75) is 76.7 Å². The first kappa shape index (κ1) is 18.6. The standard InChI is InChI=1S/C16H32O3/c17-14-10-7-5-3-1-2-4-6-8-12-16(19)13-9-11-15-18/h6,8,16-19H,1-5,7,9-15H2/b8-6+. The fourth-order valence-electron chi connectivity index (χ4n) is 2.06. The predicted molar refractivity (Wildman–Crippen MR) is 80.1 cm³/mol. The van der Waals surface area contributed by atoms with Crippen LogP contribution in [0.1, 0.15) is 70.6 Å². The van der Waals surface area contributed by atoms with Gasteiger partial charge in [-0.1, -0.05) is 37.8 Å². The minimum Gasteiger partial charge on any atom is -0.396 e. The Morgan fingerprint density at radius 2 is 1.26 bits per heavy atom. The minimum absolute atomic E-state index is 0.223. The number of hydrogen-bond acceptors (Lipinski definition) is 3. The maximum absolute atomic E-state index is 9.65. The van der Waals surface area contributed by atoms with Crippen LogP contribution in [0.2, 0.25) is 0 Å². The summed E-state index contributed by atoms with van der Waals surface area (Å²) < 4.78 is 0. The highest BCUT2D eigenvalue weighted by Gasteiger charge is 2.00. The van der Waals surface area contributed by atoms with Gasteiger partial charge in [0.15, 0.2) is 0 Å². The predicted octanol–water partition coefficient (Wildman–Crippen LogP) is 3.18. The van der Waals surface area contributed by atoms with Crippen molar-refractivity contribution in [3.8, 4) is 0 Å². The Morgan fingerprint density at radius 1 is 0.684 bits per heavy atom. The number of allylic oxidation sites excluding steroid dienone is 1. The molecule has 19 heavy (non-hydrogen) atoms. The van der Waals surface area contributed by atoms with Gasteiger partial charge in [-0.3, -0.25) is 0 Å². The summed E-state index contributed by atoms with van der Waals surface area (Å²) in [5.74, 6) is 0. The van der Waals surface area contributed by atoms with Gasteiger partial charge in [-0.25, -0.2) is 0 Å². The number of rotatable bonds is 14. The van der Waals surface area contributed by atoms with E-state index in [9.17, 15) is 5.11 Å². The SMILES string of the molecule is OCCCCCCCC/C=C/CC(O)CCCCO. The zero-order valence-corrected chi connectivity index (χ0v) is 12.3. The van der Waals surface area contributed by atoms with Gasteiger partial charge in [-0.05, 0) is 44.9 Å². The molecular weight excluding hydrogens is 240 g/mol. The first-order valence-electron chi connectivity index (χ1n) is 7.86. The van der Waals surface area contributed by atoms with E-state index < -0.39 is 0 Å². The third kappa shape index (κ3) is 15.6. The second kappa shape index (κ2) is 15.7. The molecule has 0 bridgehead atoms. The van der Waals surface area contributed by atoms with Gasteiger partial charge in [0.1, 0.15) is 0 Å². The van der Waals surface area contributed by atoms with Crippen molar-refractivity contribution in [2.24, 2.45) is 0 Å². The van der Waals surface area contributed by atoms with Gasteiger partial charge < -0.3 is 15.3 Å². The third-order valence-corrected chi connectivity index (χ3v) is 3.30. The van der Waals surface area contributed by atoms with Crippen molar-refractivity contribution < 1.29 is 15.3 Å². The van der Waals surface area contributed by atoms with Crippen molar-refractivity contribution in [1.29, 1.82) is 0 Å². The van der Waals surface area contributed by atoms with Crippen LogP contribution in [0.15, 0.2) is 12.2 Å². The lowest BCUT2D eigenvalue weighted by Gasteiger charge is -2.06. The molecule has 0 amide bonds. The molecule has 0 radical (unpaired) electrons. The molecule has 0 aliphatic heterocycles. The topological polar surface area (TPSA) is 60.7 Å². The van der Waals surface area contributed by atoms with Crippen molar-refractivity contribution in [3.05, 3.63) is 12.2 Å². The largest absolute Gasteiger partial charge is 0.396 e. The second-order valence-electron chi connectivity index (χ2n) is 5.21. The van der Waals surface area contributed by atoms with Crippen LogP contribution in [0.25, 0.3) is 0 Å². The van der Waals surface area contributed by atoms with Gasteiger partial charge in [0.25, 0.3) is 0 Å². The van der Waals surface area contributed by atoms with E-state index in [1.54, 1.807) is 0 Å². The molecule has 0 aliphatic rings. The van der Waals surface area contributed by atoms with Crippen LogP contribution in [0, 0.1) is 0 Å². The van der Waals surface area contributed by atoms with E-state index in [1.807, 2.05) is 0 Å². The Labute approximate surface area is 118 Å². The van der Waals surface area contributed by atoms with Crippen molar-refractivity contribution in [3.63, 3.8) is 0 Å². The van der Waals surface area contributed by atoms with E-state index in [-0.39, 0.29) is 12.7 Å². The summed E-state index contributed by atoms with van der Waals surface area (Å²) in [5.41, 5.74) is 0. The lowest BCUT2D eigenvalue weighted by Crippen LogP contribution is -2.04. The molecule has 0 aromatic rings. The molecule has 1 atom stereocenters. The number of aliphatic hydroxyl groups excluding tert-OH is 3. The molecule has 0 spiro atoms. The van der Waals surface area contributed by atoms with Crippen molar-refractivity contribution in [1.82, 2.24) is 0 Å². The van der Waals surface area contributed by atoms with E-state index in [0.29, 0.717) is 6.61 Å². The summed E-state index contributed by atoms with van der Waals surface area (Å²) in [5, 5.41) is 26.9. The molecule has 3 heteroatoms. The maximum atomic E-state index is 9.65. The van der Waals surface area contributed by atoms with Crippen LogP contribution < -0.4 is 0 Å². The van der Waals surface area contributed by atoms with Crippen LogP contribution in [0.4, 0.5) is 0 Å². The molecule has 1 unspecified atom stereocenters. The summed E-state index contributed by atoms with van der Waals surface area (Å²) in [4.78, 5) is 0. The Kier molecular flexibility index (Phi) is 15.4. The molecular formula is C16H32O3. The smallest absolute Gasteiger partial charge is 0.0574 e. The highest BCUT2D eigenvalue weighted by molar-refractivity contribution is 4.83. The lowest BCUT2D eigenvalue weighted by molar-refractivity contribution is 0.160. The van der Waals surface area contributed by atoms with Crippen LogP contribution in [-0.4, -0.2) is 34.6 Å². The fraction of sp³-hybridized carbons (Fsp3) is 0.875. The Hall–Kier alpha value is -0.380. The quantitative estimate of drug-likeness (QED) is 0.336. The molecule has 0 saturated heterocycles. The second-order valence-corrected chi connectivity index (χ2v) is 5.21. The van der Waals surface area contributed by atoms with E-state index in [4.69, 9.17) is 10.2 Å². The summed E-state index contributed by atoms with van der Waals surface area (Å²) in [6.45, 7) is 0.546. The van der Waals surface area contributed by atoms with Crippen molar-refractivity contribution >= 4 is 0 Å². The normalized spacial score (nSPS) is 13.2. The van der Waals surface area contributed by atoms with Gasteiger partial charge in [-0.2, -0.15) is 0 Å². The summed E-state index contributed by atoms with van der Waals surface area (Å²) in [6, 6.07) is 0. The molecule has 3 N–H and O–H groups in total. The van der Waals surface area contributed by atoms with E-state index in [1.165, 1.54) is 25.7 Å². The summed E-state index contributed by atoms with van der Waals surface area (Å²) in [7, 11) is 0. The Morgan fingerprint density at radius 3 is 1.95 bits per heavy atom. The lowest BCUT2D eigenvalue weighted by atomic mass is 10.1. The molecule has 0 aromatic heterocycles. The Balaban J connectivity index is 3.20. The molecule has 114 valence electrons. The molecule has 3 nitrogen and oxygen atoms in total. The monoisotopic (exact) mass is 272 g/mol. The minimum atomic E-state index is -0.249. The van der Waals surface area contributed by atoms with Gasteiger partial charge >= 0.3 is 0 Å². The third-order valence-electron chi connectivity index (χ3n) is 3.30. The van der Waals surface area contributed by atoms with E-state index in [0.717, 1.165) is 44.9 Å². The van der Waals surface area contributed by atoms with Crippen molar-refractivity contribution in [2.75, 3.05) is 13.2 Å². The molecule has 0 heterocycles. The Bertz CT molecular complexity index is 192. The summed E-state index contributed by atoms with van der Waals surface area (Å²) in [6.07, 6.45) is 15.4. The number of unbranched alkanes of at least 4 members (excludes halogenated alkanes) is 7.